The quantitative estimate of drug-likeness (QED) is 0.311. The van der Waals surface area contributed by atoms with Gasteiger partial charge in [0.1, 0.15) is 12.1 Å². The first kappa shape index (κ1) is 30.9. The summed E-state index contributed by atoms with van der Waals surface area (Å²) in [6.07, 6.45) is 2.85. The van der Waals surface area contributed by atoms with Crippen LogP contribution in [0, 0.1) is 0 Å². The second-order valence-electron chi connectivity index (χ2n) is 11.7. The average Bonchev–Trinajstić information content (AvgIpc) is 3.72. The summed E-state index contributed by atoms with van der Waals surface area (Å²) in [5.41, 5.74) is 10.5. The fourth-order valence-corrected chi connectivity index (χ4v) is 6.38. The van der Waals surface area contributed by atoms with Crippen molar-refractivity contribution < 1.29 is 24.3 Å². The number of nitrogens with zero attached hydrogens (tertiary/aromatic N) is 2. The minimum atomic E-state index is -1.01. The number of carbonyl (C=O) groups excluding carboxylic acids is 3. The van der Waals surface area contributed by atoms with Crippen LogP contribution in [0.4, 0.5) is 0 Å². The van der Waals surface area contributed by atoms with Crippen molar-refractivity contribution in [3.63, 3.8) is 0 Å². The number of benzene rings is 3. The summed E-state index contributed by atoms with van der Waals surface area (Å²) >= 11 is 0. The largest absolute Gasteiger partial charge is 0.481 e. The summed E-state index contributed by atoms with van der Waals surface area (Å²) in [7, 11) is 0. The highest BCUT2D eigenvalue weighted by atomic mass is 16.4. The molecular formula is C35H40N4O5. The van der Waals surface area contributed by atoms with Gasteiger partial charge in [-0.25, -0.2) is 0 Å². The van der Waals surface area contributed by atoms with Crippen LogP contribution in [0.25, 0.3) is 11.1 Å². The van der Waals surface area contributed by atoms with Crippen molar-refractivity contribution in [3.05, 3.63) is 96.1 Å². The van der Waals surface area contributed by atoms with Gasteiger partial charge < -0.3 is 26.0 Å². The van der Waals surface area contributed by atoms with E-state index in [1.165, 1.54) is 0 Å². The lowest BCUT2D eigenvalue weighted by molar-refractivity contribution is -0.147. The number of aliphatic carboxylic acids is 1. The fraction of sp³-hybridized carbons (Fsp3) is 0.371. The Morgan fingerprint density at radius 3 is 1.98 bits per heavy atom. The van der Waals surface area contributed by atoms with Crippen LogP contribution < -0.4 is 11.1 Å². The van der Waals surface area contributed by atoms with E-state index in [1.807, 2.05) is 84.9 Å². The number of nitrogens with one attached hydrogen (secondary N) is 1. The molecule has 2 aliphatic heterocycles. The van der Waals surface area contributed by atoms with E-state index in [9.17, 15) is 24.3 Å². The fourth-order valence-electron chi connectivity index (χ4n) is 6.38. The molecule has 3 amide bonds. The van der Waals surface area contributed by atoms with Gasteiger partial charge in [-0.3, -0.25) is 19.2 Å². The Morgan fingerprint density at radius 2 is 1.32 bits per heavy atom. The van der Waals surface area contributed by atoms with Crippen LogP contribution in [0.5, 0.6) is 0 Å². The molecule has 3 aromatic carbocycles. The van der Waals surface area contributed by atoms with E-state index in [2.05, 4.69) is 5.32 Å². The molecule has 0 unspecified atom stereocenters. The van der Waals surface area contributed by atoms with Gasteiger partial charge in [-0.05, 0) is 60.8 Å². The number of nitrogens with two attached hydrogens (primary N) is 1. The number of rotatable bonds is 11. The van der Waals surface area contributed by atoms with E-state index in [4.69, 9.17) is 5.73 Å². The molecule has 5 rings (SSSR count). The van der Waals surface area contributed by atoms with Gasteiger partial charge in [0.05, 0.1) is 12.5 Å². The van der Waals surface area contributed by atoms with Gasteiger partial charge in [0.15, 0.2) is 0 Å². The highest BCUT2D eigenvalue weighted by Crippen LogP contribution is 2.26. The third-order valence-corrected chi connectivity index (χ3v) is 8.59. The summed E-state index contributed by atoms with van der Waals surface area (Å²) < 4.78 is 0. The lowest BCUT2D eigenvalue weighted by atomic mass is 10.0. The maximum atomic E-state index is 13.8. The smallest absolute Gasteiger partial charge is 0.305 e. The van der Waals surface area contributed by atoms with Crippen molar-refractivity contribution in [3.8, 4) is 11.1 Å². The molecule has 0 aliphatic carbocycles. The molecular weight excluding hydrogens is 556 g/mol. The molecule has 4 N–H and O–H groups in total. The van der Waals surface area contributed by atoms with Gasteiger partial charge in [-0.2, -0.15) is 0 Å². The number of amides is 3. The van der Waals surface area contributed by atoms with E-state index in [0.717, 1.165) is 22.3 Å². The molecule has 0 radical (unpaired) electrons. The van der Waals surface area contributed by atoms with Crippen LogP contribution in [0.1, 0.15) is 43.2 Å². The van der Waals surface area contributed by atoms with E-state index in [0.29, 0.717) is 51.6 Å². The molecule has 0 spiro atoms. The lowest BCUT2D eigenvalue weighted by Crippen LogP contribution is -2.56. The Bertz CT molecular complexity index is 1450. The highest BCUT2D eigenvalue weighted by molar-refractivity contribution is 5.94. The zero-order valence-electron chi connectivity index (χ0n) is 24.8. The number of hydrogen-bond acceptors (Lipinski definition) is 5. The SMILES string of the molecule is N[C@@H](Cc1ccc(-c2ccccc2)cc1)C(=O)N1CCC[C@H]1C(=O)N1CCC[C@H]1C(=O)N[C@H](CC(=O)O)Cc1ccccc1. The maximum Gasteiger partial charge on any atom is 0.305 e. The summed E-state index contributed by atoms with van der Waals surface area (Å²) in [6, 6.07) is 24.7. The van der Waals surface area contributed by atoms with Crippen LogP contribution in [-0.2, 0) is 32.0 Å². The molecule has 2 heterocycles. The second kappa shape index (κ2) is 14.3. The third kappa shape index (κ3) is 7.52. The van der Waals surface area contributed by atoms with Gasteiger partial charge in [0, 0.05) is 19.1 Å². The predicted molar refractivity (Wildman–Crippen MR) is 167 cm³/mol. The molecule has 2 fully saturated rings. The van der Waals surface area contributed by atoms with Crippen LogP contribution in [-0.4, -0.2) is 75.9 Å². The maximum absolute atomic E-state index is 13.8. The molecule has 0 saturated carbocycles. The van der Waals surface area contributed by atoms with Crippen molar-refractivity contribution in [1.82, 2.24) is 15.1 Å². The molecule has 2 saturated heterocycles. The zero-order chi connectivity index (χ0) is 31.1. The van der Waals surface area contributed by atoms with Crippen LogP contribution in [0.15, 0.2) is 84.9 Å². The van der Waals surface area contributed by atoms with Crippen LogP contribution in [0.3, 0.4) is 0 Å². The Morgan fingerprint density at radius 1 is 0.750 bits per heavy atom. The van der Waals surface area contributed by atoms with Crippen molar-refractivity contribution >= 4 is 23.7 Å². The molecule has 2 aliphatic rings. The van der Waals surface area contributed by atoms with E-state index < -0.39 is 30.1 Å². The molecule has 44 heavy (non-hydrogen) atoms. The lowest BCUT2D eigenvalue weighted by Gasteiger charge is -2.32. The first-order chi connectivity index (χ1) is 21.3. The van der Waals surface area contributed by atoms with Crippen molar-refractivity contribution in [2.75, 3.05) is 13.1 Å². The highest BCUT2D eigenvalue weighted by Gasteiger charge is 2.43. The zero-order valence-corrected chi connectivity index (χ0v) is 24.8. The Labute approximate surface area is 258 Å². The number of likely N-dealkylation sites (tertiary alicyclic amines) is 2. The minimum Gasteiger partial charge on any atom is -0.481 e. The summed E-state index contributed by atoms with van der Waals surface area (Å²) in [5.74, 6) is -1.87. The average molecular weight is 597 g/mol. The normalized spacial score (nSPS) is 19.4. The Kier molecular flexibility index (Phi) is 10.1. The number of hydrogen-bond donors (Lipinski definition) is 3. The topological polar surface area (TPSA) is 133 Å². The predicted octanol–water partition coefficient (Wildman–Crippen LogP) is 3.41. The molecule has 0 aromatic heterocycles. The van der Waals surface area contributed by atoms with Gasteiger partial charge in [0.2, 0.25) is 17.7 Å². The summed E-state index contributed by atoms with van der Waals surface area (Å²) in [5, 5.41) is 12.3. The minimum absolute atomic E-state index is 0.223. The number of carbonyl (C=O) groups is 4. The van der Waals surface area contributed by atoms with Crippen LogP contribution in [0.2, 0.25) is 0 Å². The molecule has 0 bridgehead atoms. The van der Waals surface area contributed by atoms with Crippen molar-refractivity contribution in [2.45, 2.75) is 69.1 Å². The molecule has 4 atom stereocenters. The molecule has 3 aromatic rings. The number of carboxylic acid groups (broad SMARTS) is 1. The third-order valence-electron chi connectivity index (χ3n) is 8.59. The second-order valence-corrected chi connectivity index (χ2v) is 11.7. The van der Waals surface area contributed by atoms with E-state index in [1.54, 1.807) is 9.80 Å². The van der Waals surface area contributed by atoms with Crippen LogP contribution >= 0.6 is 0 Å². The van der Waals surface area contributed by atoms with Crippen molar-refractivity contribution in [2.24, 2.45) is 5.73 Å². The molecule has 9 heteroatoms. The Balaban J connectivity index is 1.21. The van der Waals surface area contributed by atoms with Gasteiger partial charge in [-0.1, -0.05) is 84.9 Å². The van der Waals surface area contributed by atoms with Gasteiger partial charge in [0.25, 0.3) is 0 Å². The van der Waals surface area contributed by atoms with E-state index in [-0.39, 0.29) is 24.1 Å². The monoisotopic (exact) mass is 596 g/mol. The Hall–Kier alpha value is -4.50. The van der Waals surface area contributed by atoms with E-state index >= 15 is 0 Å². The summed E-state index contributed by atoms with van der Waals surface area (Å²) in [6.45, 7) is 0.857. The standard InChI is InChI=1S/C35H40N4O5/c36-29(22-25-15-17-27(18-16-25)26-11-5-2-6-12-26)34(43)39-20-8-14-31(39)35(44)38-19-7-13-30(38)33(42)37-28(23-32(40)41)21-24-9-3-1-4-10-24/h1-6,9-12,15-18,28-31H,7-8,13-14,19-23,36H2,(H,37,42)(H,40,41)/t28-,29-,30-,31-/m0/s1. The first-order valence-electron chi connectivity index (χ1n) is 15.4. The van der Waals surface area contributed by atoms with Gasteiger partial charge in [-0.15, -0.1) is 0 Å². The molecule has 230 valence electrons. The molecule has 9 nitrogen and oxygen atoms in total. The summed E-state index contributed by atoms with van der Waals surface area (Å²) in [4.78, 5) is 55.4. The first-order valence-corrected chi connectivity index (χ1v) is 15.4. The number of carboxylic acids is 1. The van der Waals surface area contributed by atoms with Crippen molar-refractivity contribution in [1.29, 1.82) is 0 Å². The van der Waals surface area contributed by atoms with Gasteiger partial charge >= 0.3 is 5.97 Å².